The molecule has 0 aliphatic rings. The van der Waals surface area contributed by atoms with Gasteiger partial charge in [-0.25, -0.2) is 4.98 Å². The second-order valence-corrected chi connectivity index (χ2v) is 6.09. The van der Waals surface area contributed by atoms with Gasteiger partial charge in [0.05, 0.1) is 17.7 Å². The smallest absolute Gasteiger partial charge is 0.417 e. The lowest BCUT2D eigenvalue weighted by molar-refractivity contribution is -0.137. The Morgan fingerprint density at radius 2 is 2.04 bits per heavy atom. The van der Waals surface area contributed by atoms with Gasteiger partial charge in [-0.1, -0.05) is 23.7 Å². The number of carbonyl (C=O) groups is 1. The Bertz CT molecular complexity index is 785. The molecule has 5 nitrogen and oxygen atoms in total. The highest BCUT2D eigenvalue weighted by atomic mass is 35.5. The molecular formula is C18H19ClF3N3O2. The predicted molar refractivity (Wildman–Crippen MR) is 97.1 cm³/mol. The van der Waals surface area contributed by atoms with Gasteiger partial charge in [-0.05, 0) is 30.2 Å². The summed E-state index contributed by atoms with van der Waals surface area (Å²) in [6.45, 7) is 0.568. The number of anilines is 1. The van der Waals surface area contributed by atoms with Crippen molar-refractivity contribution in [3.8, 4) is 5.75 Å². The van der Waals surface area contributed by atoms with Crippen LogP contribution < -0.4 is 15.4 Å². The minimum Gasteiger partial charge on any atom is -0.497 e. The van der Waals surface area contributed by atoms with Crippen LogP contribution in [0.15, 0.2) is 36.5 Å². The van der Waals surface area contributed by atoms with Crippen molar-refractivity contribution in [2.75, 3.05) is 25.5 Å². The number of hydrogen-bond acceptors (Lipinski definition) is 4. The maximum Gasteiger partial charge on any atom is 0.417 e. The van der Waals surface area contributed by atoms with Gasteiger partial charge in [0.2, 0.25) is 5.91 Å². The number of ether oxygens (including phenoxy) is 1. The van der Waals surface area contributed by atoms with Gasteiger partial charge in [0, 0.05) is 25.7 Å². The van der Waals surface area contributed by atoms with Gasteiger partial charge in [-0.3, -0.25) is 4.79 Å². The average Bonchev–Trinajstić information content (AvgIpc) is 2.64. The number of halogens is 4. The molecule has 0 unspecified atom stereocenters. The Hall–Kier alpha value is -2.48. The molecule has 27 heavy (non-hydrogen) atoms. The maximum absolute atomic E-state index is 12.6. The maximum atomic E-state index is 12.6. The van der Waals surface area contributed by atoms with Crippen molar-refractivity contribution in [1.29, 1.82) is 0 Å². The molecule has 1 aromatic carbocycles. The molecule has 146 valence electrons. The lowest BCUT2D eigenvalue weighted by Gasteiger charge is -2.11. The lowest BCUT2D eigenvalue weighted by Crippen LogP contribution is -2.29. The first-order valence-corrected chi connectivity index (χ1v) is 8.53. The Morgan fingerprint density at radius 1 is 1.26 bits per heavy atom. The van der Waals surface area contributed by atoms with Crippen molar-refractivity contribution in [3.63, 3.8) is 0 Å². The fraction of sp³-hybridized carbons (Fsp3) is 0.333. The first kappa shape index (κ1) is 20.8. The molecule has 1 heterocycles. The topological polar surface area (TPSA) is 63.2 Å². The largest absolute Gasteiger partial charge is 0.497 e. The van der Waals surface area contributed by atoms with Crippen LogP contribution in [0.25, 0.3) is 0 Å². The molecule has 0 saturated carbocycles. The van der Waals surface area contributed by atoms with E-state index < -0.39 is 11.7 Å². The van der Waals surface area contributed by atoms with Crippen LogP contribution >= 0.6 is 11.6 Å². The zero-order valence-electron chi connectivity index (χ0n) is 14.6. The van der Waals surface area contributed by atoms with Crippen LogP contribution in [0.5, 0.6) is 5.75 Å². The zero-order chi connectivity index (χ0) is 19.9. The summed E-state index contributed by atoms with van der Waals surface area (Å²) in [7, 11) is 1.58. The van der Waals surface area contributed by atoms with Gasteiger partial charge in [-0.15, -0.1) is 0 Å². The second kappa shape index (κ2) is 9.45. The Balaban J connectivity index is 1.72. The molecule has 0 bridgehead atoms. The number of methoxy groups -OCH3 is 1. The summed E-state index contributed by atoms with van der Waals surface area (Å²) in [5.74, 6) is 0.736. The van der Waals surface area contributed by atoms with Crippen LogP contribution in [0.4, 0.5) is 19.0 Å². The van der Waals surface area contributed by atoms with E-state index in [1.165, 1.54) is 0 Å². The Kier molecular flexibility index (Phi) is 7.29. The summed E-state index contributed by atoms with van der Waals surface area (Å²) in [6, 6.07) is 8.28. The summed E-state index contributed by atoms with van der Waals surface area (Å²) >= 11 is 5.80. The number of hydrogen-bond donors (Lipinski definition) is 2. The molecule has 0 radical (unpaired) electrons. The predicted octanol–water partition coefficient (Wildman–Crippen LogP) is 3.92. The molecule has 0 spiro atoms. The highest BCUT2D eigenvalue weighted by Gasteiger charge is 2.31. The molecule has 0 aliphatic carbocycles. The van der Waals surface area contributed by atoms with Gasteiger partial charge in [0.15, 0.2) is 0 Å². The van der Waals surface area contributed by atoms with Crippen LogP contribution in [0.1, 0.15) is 17.5 Å². The molecule has 0 atom stereocenters. The van der Waals surface area contributed by atoms with Crippen molar-refractivity contribution < 1.29 is 22.7 Å². The summed E-state index contributed by atoms with van der Waals surface area (Å²) in [5, 5.41) is 5.39. The number of rotatable bonds is 8. The third-order valence-corrected chi connectivity index (χ3v) is 3.97. The number of carbonyl (C=O) groups excluding carboxylic acids is 1. The van der Waals surface area contributed by atoms with E-state index >= 15 is 0 Å². The van der Waals surface area contributed by atoms with Crippen LogP contribution in [-0.2, 0) is 17.4 Å². The number of aryl methyl sites for hydroxylation is 1. The number of pyridine rings is 1. The van der Waals surface area contributed by atoms with Crippen LogP contribution in [0.2, 0.25) is 5.02 Å². The monoisotopic (exact) mass is 401 g/mol. The molecule has 2 rings (SSSR count). The van der Waals surface area contributed by atoms with E-state index in [9.17, 15) is 18.0 Å². The van der Waals surface area contributed by atoms with E-state index in [0.717, 1.165) is 17.4 Å². The van der Waals surface area contributed by atoms with E-state index in [-0.39, 0.29) is 29.8 Å². The molecule has 1 aromatic heterocycles. The van der Waals surface area contributed by atoms with E-state index in [1.807, 2.05) is 24.3 Å². The van der Waals surface area contributed by atoms with E-state index in [1.54, 1.807) is 7.11 Å². The van der Waals surface area contributed by atoms with Gasteiger partial charge in [0.25, 0.3) is 0 Å². The minimum atomic E-state index is -4.49. The van der Waals surface area contributed by atoms with Crippen molar-refractivity contribution >= 4 is 23.3 Å². The first-order chi connectivity index (χ1) is 12.8. The SMILES string of the molecule is COc1cccc(CCC(=O)NCCNc2ncc(C(F)(F)F)cc2Cl)c1. The number of aromatic nitrogens is 1. The van der Waals surface area contributed by atoms with Gasteiger partial charge >= 0.3 is 6.18 Å². The third-order valence-electron chi connectivity index (χ3n) is 3.68. The second-order valence-electron chi connectivity index (χ2n) is 5.68. The third kappa shape index (κ3) is 6.63. The van der Waals surface area contributed by atoms with E-state index in [0.29, 0.717) is 19.0 Å². The number of nitrogens with zero attached hydrogens (tertiary/aromatic N) is 1. The van der Waals surface area contributed by atoms with Gasteiger partial charge in [0.1, 0.15) is 11.6 Å². The Labute approximate surface area is 159 Å². The highest BCUT2D eigenvalue weighted by Crippen LogP contribution is 2.32. The fourth-order valence-corrected chi connectivity index (χ4v) is 2.51. The molecule has 9 heteroatoms. The normalized spacial score (nSPS) is 11.1. The first-order valence-electron chi connectivity index (χ1n) is 8.16. The van der Waals surface area contributed by atoms with Gasteiger partial charge < -0.3 is 15.4 Å². The fourth-order valence-electron chi connectivity index (χ4n) is 2.28. The van der Waals surface area contributed by atoms with Crippen molar-refractivity contribution in [1.82, 2.24) is 10.3 Å². The molecule has 0 aliphatic heterocycles. The summed E-state index contributed by atoms with van der Waals surface area (Å²) in [4.78, 5) is 15.5. The quantitative estimate of drug-likeness (QED) is 0.658. The van der Waals surface area contributed by atoms with E-state index in [2.05, 4.69) is 15.6 Å². The molecule has 0 saturated heterocycles. The summed E-state index contributed by atoms with van der Waals surface area (Å²) in [5.41, 5.74) is 0.0762. The summed E-state index contributed by atoms with van der Waals surface area (Å²) in [6.07, 6.45) is -2.90. The lowest BCUT2D eigenvalue weighted by atomic mass is 10.1. The zero-order valence-corrected chi connectivity index (χ0v) is 15.3. The average molecular weight is 402 g/mol. The highest BCUT2D eigenvalue weighted by molar-refractivity contribution is 6.32. The molecular weight excluding hydrogens is 383 g/mol. The number of benzene rings is 1. The van der Waals surface area contributed by atoms with Crippen LogP contribution in [0, 0.1) is 0 Å². The van der Waals surface area contributed by atoms with E-state index in [4.69, 9.17) is 16.3 Å². The minimum absolute atomic E-state index is 0.130. The van der Waals surface area contributed by atoms with Crippen LogP contribution in [-0.4, -0.2) is 31.1 Å². The van der Waals surface area contributed by atoms with Gasteiger partial charge in [-0.2, -0.15) is 13.2 Å². The molecule has 2 N–H and O–H groups in total. The standard InChI is InChI=1S/C18H19ClF3N3O2/c1-27-14-4-2-3-12(9-14)5-6-16(26)23-7-8-24-17-15(19)10-13(11-25-17)18(20,21)22/h2-4,9-11H,5-8H2,1H3,(H,23,26)(H,24,25). The van der Waals surface area contributed by atoms with Crippen molar-refractivity contribution in [3.05, 3.63) is 52.7 Å². The number of amides is 1. The van der Waals surface area contributed by atoms with Crippen molar-refractivity contribution in [2.45, 2.75) is 19.0 Å². The molecule has 0 fully saturated rings. The number of alkyl halides is 3. The molecule has 1 amide bonds. The van der Waals surface area contributed by atoms with Crippen LogP contribution in [0.3, 0.4) is 0 Å². The summed E-state index contributed by atoms with van der Waals surface area (Å²) < 4.78 is 42.8. The number of nitrogens with one attached hydrogen (secondary N) is 2. The van der Waals surface area contributed by atoms with Crippen molar-refractivity contribution in [2.24, 2.45) is 0 Å². The molecule has 2 aromatic rings. The Morgan fingerprint density at radius 3 is 2.70 bits per heavy atom.